The maximum Gasteiger partial charge on any atom is 0.262 e. The van der Waals surface area contributed by atoms with Crippen molar-refractivity contribution in [1.29, 1.82) is 0 Å². The highest BCUT2D eigenvalue weighted by Crippen LogP contribution is 2.33. The standard InChI is InChI=1S/C14H19NO3/c1-3-4-9(2)14(17)10-5-6-12-11(7-10)15-13(16)8-18-12/h5-7,9,14,17H,3-4,8H2,1-2H3,(H,15,16). The Morgan fingerprint density at radius 2 is 2.28 bits per heavy atom. The number of ether oxygens (including phenoxy) is 1. The molecule has 2 atom stereocenters. The number of carbonyl (C=O) groups excluding carboxylic acids is 1. The van der Waals surface area contributed by atoms with Crippen LogP contribution in [-0.2, 0) is 4.79 Å². The fourth-order valence-corrected chi connectivity index (χ4v) is 2.23. The highest BCUT2D eigenvalue weighted by molar-refractivity contribution is 5.95. The number of benzene rings is 1. The summed E-state index contributed by atoms with van der Waals surface area (Å²) in [5, 5.41) is 13.0. The molecule has 0 aromatic heterocycles. The average Bonchev–Trinajstić information content (AvgIpc) is 2.37. The van der Waals surface area contributed by atoms with Crippen LogP contribution < -0.4 is 10.1 Å². The molecule has 1 aliphatic heterocycles. The van der Waals surface area contributed by atoms with Crippen LogP contribution in [-0.4, -0.2) is 17.6 Å². The minimum Gasteiger partial charge on any atom is -0.482 e. The summed E-state index contributed by atoms with van der Waals surface area (Å²) in [7, 11) is 0. The van der Waals surface area contributed by atoms with E-state index in [-0.39, 0.29) is 18.4 Å². The molecule has 1 aromatic carbocycles. The number of hydrogen-bond donors (Lipinski definition) is 2. The van der Waals surface area contributed by atoms with Gasteiger partial charge in [-0.25, -0.2) is 0 Å². The summed E-state index contributed by atoms with van der Waals surface area (Å²) in [6.07, 6.45) is 1.51. The SMILES string of the molecule is CCCC(C)C(O)c1ccc2c(c1)NC(=O)CO2. The highest BCUT2D eigenvalue weighted by atomic mass is 16.5. The number of anilines is 1. The normalized spacial score (nSPS) is 17.4. The summed E-state index contributed by atoms with van der Waals surface area (Å²) in [5.74, 6) is 0.706. The van der Waals surface area contributed by atoms with Gasteiger partial charge in [0.15, 0.2) is 6.61 Å². The van der Waals surface area contributed by atoms with Crippen molar-refractivity contribution in [3.05, 3.63) is 23.8 Å². The second-order valence-corrected chi connectivity index (χ2v) is 4.80. The number of rotatable bonds is 4. The minimum absolute atomic E-state index is 0.0567. The first-order valence-electron chi connectivity index (χ1n) is 6.36. The van der Waals surface area contributed by atoms with E-state index in [0.29, 0.717) is 11.4 Å². The second kappa shape index (κ2) is 5.40. The Morgan fingerprint density at radius 3 is 3.00 bits per heavy atom. The molecule has 0 bridgehead atoms. The predicted octanol–water partition coefficient (Wildman–Crippen LogP) is 2.49. The molecule has 2 N–H and O–H groups in total. The third-order valence-electron chi connectivity index (χ3n) is 3.26. The minimum atomic E-state index is -0.505. The van der Waals surface area contributed by atoms with E-state index in [4.69, 9.17) is 4.74 Å². The van der Waals surface area contributed by atoms with Gasteiger partial charge < -0.3 is 15.2 Å². The third kappa shape index (κ3) is 2.64. The summed E-state index contributed by atoms with van der Waals surface area (Å²) < 4.78 is 5.28. The molecule has 1 aromatic rings. The topological polar surface area (TPSA) is 58.6 Å². The van der Waals surface area contributed by atoms with Crippen LogP contribution in [0, 0.1) is 5.92 Å². The van der Waals surface area contributed by atoms with Crippen molar-refractivity contribution < 1.29 is 14.6 Å². The molecule has 0 spiro atoms. The average molecular weight is 249 g/mol. The molecule has 0 saturated heterocycles. The van der Waals surface area contributed by atoms with Gasteiger partial charge in [-0.15, -0.1) is 0 Å². The Hall–Kier alpha value is -1.55. The Labute approximate surface area is 107 Å². The molecule has 0 aliphatic carbocycles. The molecule has 4 heteroatoms. The number of aliphatic hydroxyl groups excluding tert-OH is 1. The van der Waals surface area contributed by atoms with Gasteiger partial charge >= 0.3 is 0 Å². The highest BCUT2D eigenvalue weighted by Gasteiger charge is 2.20. The maximum absolute atomic E-state index is 11.2. The Kier molecular flexibility index (Phi) is 3.87. The van der Waals surface area contributed by atoms with Gasteiger partial charge in [0.1, 0.15) is 5.75 Å². The van der Waals surface area contributed by atoms with Crippen molar-refractivity contribution in [2.45, 2.75) is 32.8 Å². The summed E-state index contributed by atoms with van der Waals surface area (Å²) in [5.41, 5.74) is 1.46. The second-order valence-electron chi connectivity index (χ2n) is 4.80. The maximum atomic E-state index is 11.2. The fourth-order valence-electron chi connectivity index (χ4n) is 2.23. The summed E-state index contributed by atoms with van der Waals surface area (Å²) in [6, 6.07) is 5.45. The van der Waals surface area contributed by atoms with E-state index >= 15 is 0 Å². The fraction of sp³-hybridized carbons (Fsp3) is 0.500. The van der Waals surface area contributed by atoms with Crippen molar-refractivity contribution in [2.24, 2.45) is 5.92 Å². The zero-order valence-corrected chi connectivity index (χ0v) is 10.8. The van der Waals surface area contributed by atoms with Crippen LogP contribution in [0.15, 0.2) is 18.2 Å². The van der Waals surface area contributed by atoms with E-state index < -0.39 is 6.10 Å². The van der Waals surface area contributed by atoms with Crippen LogP contribution in [0.5, 0.6) is 5.75 Å². The smallest absolute Gasteiger partial charge is 0.262 e. The largest absolute Gasteiger partial charge is 0.482 e. The first-order valence-corrected chi connectivity index (χ1v) is 6.36. The molecule has 1 amide bonds. The van der Waals surface area contributed by atoms with Gasteiger partial charge in [0.25, 0.3) is 5.91 Å². The van der Waals surface area contributed by atoms with Crippen LogP contribution in [0.2, 0.25) is 0 Å². The number of amides is 1. The summed E-state index contributed by atoms with van der Waals surface area (Å²) in [4.78, 5) is 11.2. The molecule has 98 valence electrons. The van der Waals surface area contributed by atoms with E-state index in [9.17, 15) is 9.90 Å². The monoisotopic (exact) mass is 249 g/mol. The lowest BCUT2D eigenvalue weighted by Crippen LogP contribution is -2.25. The van der Waals surface area contributed by atoms with Gasteiger partial charge in [-0.05, 0) is 30.0 Å². The molecular formula is C14H19NO3. The Morgan fingerprint density at radius 1 is 1.50 bits per heavy atom. The van der Waals surface area contributed by atoms with Crippen LogP contribution in [0.3, 0.4) is 0 Å². The number of fused-ring (bicyclic) bond motifs is 1. The van der Waals surface area contributed by atoms with Crippen LogP contribution in [0.25, 0.3) is 0 Å². The van der Waals surface area contributed by atoms with E-state index in [1.54, 1.807) is 12.1 Å². The van der Waals surface area contributed by atoms with Crippen molar-refractivity contribution in [3.8, 4) is 5.75 Å². The van der Waals surface area contributed by atoms with Gasteiger partial charge in [0, 0.05) is 0 Å². The molecular weight excluding hydrogens is 230 g/mol. The van der Waals surface area contributed by atoms with Gasteiger partial charge in [0.2, 0.25) is 0 Å². The van der Waals surface area contributed by atoms with Gasteiger partial charge in [-0.3, -0.25) is 4.79 Å². The summed E-state index contributed by atoms with van der Waals surface area (Å²) >= 11 is 0. The lowest BCUT2D eigenvalue weighted by molar-refractivity contribution is -0.118. The summed E-state index contributed by atoms with van der Waals surface area (Å²) in [6.45, 7) is 4.19. The van der Waals surface area contributed by atoms with E-state index in [2.05, 4.69) is 12.2 Å². The Balaban J connectivity index is 2.20. The van der Waals surface area contributed by atoms with Crippen molar-refractivity contribution in [3.63, 3.8) is 0 Å². The number of aliphatic hydroxyl groups is 1. The lowest BCUT2D eigenvalue weighted by atomic mass is 9.93. The number of nitrogens with one attached hydrogen (secondary N) is 1. The first-order chi connectivity index (χ1) is 8.61. The first kappa shape index (κ1) is 12.9. The van der Waals surface area contributed by atoms with Crippen LogP contribution in [0.4, 0.5) is 5.69 Å². The van der Waals surface area contributed by atoms with E-state index in [1.807, 2.05) is 13.0 Å². The molecule has 0 radical (unpaired) electrons. The molecule has 0 fully saturated rings. The van der Waals surface area contributed by atoms with E-state index in [1.165, 1.54) is 0 Å². The van der Waals surface area contributed by atoms with Crippen LogP contribution in [0.1, 0.15) is 38.4 Å². The zero-order chi connectivity index (χ0) is 13.1. The molecule has 1 aliphatic rings. The predicted molar refractivity (Wildman–Crippen MR) is 69.6 cm³/mol. The van der Waals surface area contributed by atoms with Crippen LogP contribution >= 0.6 is 0 Å². The Bertz CT molecular complexity index is 445. The quantitative estimate of drug-likeness (QED) is 0.862. The molecule has 0 saturated carbocycles. The molecule has 18 heavy (non-hydrogen) atoms. The van der Waals surface area contributed by atoms with Gasteiger partial charge in [-0.1, -0.05) is 26.3 Å². The molecule has 2 unspecified atom stereocenters. The van der Waals surface area contributed by atoms with Crippen molar-refractivity contribution in [2.75, 3.05) is 11.9 Å². The molecule has 4 nitrogen and oxygen atoms in total. The van der Waals surface area contributed by atoms with Gasteiger partial charge in [-0.2, -0.15) is 0 Å². The number of hydrogen-bond acceptors (Lipinski definition) is 3. The lowest BCUT2D eigenvalue weighted by Gasteiger charge is -2.22. The van der Waals surface area contributed by atoms with E-state index in [0.717, 1.165) is 18.4 Å². The van der Waals surface area contributed by atoms with Crippen molar-refractivity contribution >= 4 is 11.6 Å². The zero-order valence-electron chi connectivity index (χ0n) is 10.8. The number of carbonyl (C=O) groups is 1. The van der Waals surface area contributed by atoms with Crippen molar-refractivity contribution in [1.82, 2.24) is 0 Å². The van der Waals surface area contributed by atoms with Gasteiger partial charge in [0.05, 0.1) is 11.8 Å². The molecule has 1 heterocycles. The molecule has 2 rings (SSSR count). The third-order valence-corrected chi connectivity index (χ3v) is 3.26.